The van der Waals surface area contributed by atoms with Gasteiger partial charge in [0.2, 0.25) is 5.91 Å². The lowest BCUT2D eigenvalue weighted by Gasteiger charge is -2.32. The largest absolute Gasteiger partial charge is 0.457 e. The Labute approximate surface area is 220 Å². The van der Waals surface area contributed by atoms with Gasteiger partial charge in [-0.2, -0.15) is 5.10 Å². The molecule has 0 aliphatic carbocycles. The van der Waals surface area contributed by atoms with Crippen LogP contribution in [0.5, 0.6) is 11.5 Å². The Balaban J connectivity index is 1.41. The third kappa shape index (κ3) is 5.50. The molecule has 5 rings (SSSR count). The molecule has 9 nitrogen and oxygen atoms in total. The molecule has 1 saturated heterocycles. The number of hydrogen-bond donors (Lipinski definition) is 1. The van der Waals surface area contributed by atoms with Gasteiger partial charge in [-0.25, -0.2) is 19.0 Å². The van der Waals surface area contributed by atoms with Crippen molar-refractivity contribution < 1.29 is 13.9 Å². The number of hydrogen-bond acceptors (Lipinski definition) is 7. The Morgan fingerprint density at radius 2 is 1.84 bits per heavy atom. The van der Waals surface area contributed by atoms with Crippen LogP contribution in [0.25, 0.3) is 22.3 Å². The van der Waals surface area contributed by atoms with Crippen LogP contribution in [0.4, 0.5) is 10.2 Å². The molecule has 4 aromatic rings. The molecule has 0 bridgehead atoms. The standard InChI is InChI=1S/C28H30FN7O2/c1-34(2)15-4-6-24(37)35-16-3-5-21(17-35)36-28-25(27(30)31-18-32-28)26(33-36)19-7-11-22(12-8-19)38-23-13-9-20(29)10-14-23/h4,6-14,18,21H,3,5,15-17H2,1-2H3,(H2,30,31,32)/t21-/m1/s1. The van der Waals surface area contributed by atoms with Gasteiger partial charge < -0.3 is 20.3 Å². The summed E-state index contributed by atoms with van der Waals surface area (Å²) in [4.78, 5) is 25.4. The molecule has 1 atom stereocenters. The number of ether oxygens (including phenoxy) is 1. The maximum atomic E-state index is 13.2. The van der Waals surface area contributed by atoms with Crippen molar-refractivity contribution in [3.05, 3.63) is 72.8 Å². The Kier molecular flexibility index (Phi) is 7.32. The van der Waals surface area contributed by atoms with E-state index in [0.29, 0.717) is 53.7 Å². The van der Waals surface area contributed by atoms with Crippen LogP contribution >= 0.6 is 0 Å². The van der Waals surface area contributed by atoms with Crippen LogP contribution in [0, 0.1) is 5.82 Å². The van der Waals surface area contributed by atoms with Crippen LogP contribution in [0.3, 0.4) is 0 Å². The number of carbonyl (C=O) groups excluding carboxylic acids is 1. The number of nitrogen functional groups attached to an aromatic ring is 1. The number of halogens is 1. The van der Waals surface area contributed by atoms with Crippen LogP contribution in [0.15, 0.2) is 67.0 Å². The maximum absolute atomic E-state index is 13.2. The van der Waals surface area contributed by atoms with E-state index < -0.39 is 0 Å². The highest BCUT2D eigenvalue weighted by atomic mass is 19.1. The molecular formula is C28H30FN7O2. The molecule has 2 N–H and O–H groups in total. The Hall–Kier alpha value is -4.31. The molecule has 38 heavy (non-hydrogen) atoms. The van der Waals surface area contributed by atoms with Gasteiger partial charge in [0.25, 0.3) is 0 Å². The van der Waals surface area contributed by atoms with Gasteiger partial charge in [0.05, 0.1) is 11.4 Å². The average molecular weight is 516 g/mol. The van der Waals surface area contributed by atoms with Crippen molar-refractivity contribution in [2.45, 2.75) is 18.9 Å². The van der Waals surface area contributed by atoms with E-state index in [1.807, 2.05) is 58.9 Å². The number of likely N-dealkylation sites (N-methyl/N-ethyl adjacent to an activating group) is 1. The van der Waals surface area contributed by atoms with E-state index in [1.54, 1.807) is 18.2 Å². The molecule has 10 heteroatoms. The van der Waals surface area contributed by atoms with Crippen molar-refractivity contribution in [3.8, 4) is 22.8 Å². The van der Waals surface area contributed by atoms with E-state index in [1.165, 1.54) is 18.5 Å². The van der Waals surface area contributed by atoms with Crippen molar-refractivity contribution in [2.75, 3.05) is 39.5 Å². The summed E-state index contributed by atoms with van der Waals surface area (Å²) in [6.45, 7) is 1.95. The molecule has 0 saturated carbocycles. The minimum Gasteiger partial charge on any atom is -0.457 e. The van der Waals surface area contributed by atoms with Crippen LogP contribution in [-0.4, -0.2) is 69.2 Å². The van der Waals surface area contributed by atoms with Gasteiger partial charge in [-0.05, 0) is 75.5 Å². The van der Waals surface area contributed by atoms with E-state index in [0.717, 1.165) is 18.4 Å². The first-order chi connectivity index (χ1) is 18.4. The number of nitrogens with two attached hydrogens (primary N) is 1. The van der Waals surface area contributed by atoms with Crippen molar-refractivity contribution in [3.63, 3.8) is 0 Å². The molecule has 2 aromatic carbocycles. The van der Waals surface area contributed by atoms with Crippen LogP contribution in [-0.2, 0) is 4.79 Å². The SMILES string of the molecule is CN(C)CC=CC(=O)N1CCC[C@@H](n2nc(-c3ccc(Oc4ccc(F)cc4)cc3)c3c(N)ncnc32)C1. The summed E-state index contributed by atoms with van der Waals surface area (Å²) in [5, 5.41) is 5.61. The lowest BCUT2D eigenvalue weighted by molar-refractivity contribution is -0.127. The zero-order chi connectivity index (χ0) is 26.6. The van der Waals surface area contributed by atoms with Crippen LogP contribution in [0.1, 0.15) is 18.9 Å². The molecule has 2 aromatic heterocycles. The summed E-state index contributed by atoms with van der Waals surface area (Å²) in [6, 6.07) is 13.3. The van der Waals surface area contributed by atoms with Crippen molar-refractivity contribution in [1.29, 1.82) is 0 Å². The van der Waals surface area contributed by atoms with Crippen molar-refractivity contribution >= 4 is 22.8 Å². The fourth-order valence-corrected chi connectivity index (χ4v) is 4.60. The number of carbonyl (C=O) groups is 1. The lowest BCUT2D eigenvalue weighted by atomic mass is 10.1. The monoisotopic (exact) mass is 515 g/mol. The van der Waals surface area contributed by atoms with Gasteiger partial charge in [-0.15, -0.1) is 0 Å². The summed E-state index contributed by atoms with van der Waals surface area (Å²) in [5.74, 6) is 1.18. The number of rotatable bonds is 7. The maximum Gasteiger partial charge on any atom is 0.246 e. The predicted octanol–water partition coefficient (Wildman–Crippen LogP) is 4.29. The Bertz CT molecular complexity index is 1450. The smallest absolute Gasteiger partial charge is 0.246 e. The molecule has 3 heterocycles. The zero-order valence-electron chi connectivity index (χ0n) is 21.4. The molecule has 1 amide bonds. The fourth-order valence-electron chi connectivity index (χ4n) is 4.60. The first-order valence-electron chi connectivity index (χ1n) is 12.5. The second kappa shape index (κ2) is 11.0. The van der Waals surface area contributed by atoms with Gasteiger partial charge in [0.15, 0.2) is 5.65 Å². The molecular weight excluding hydrogens is 485 g/mol. The molecule has 196 valence electrons. The lowest BCUT2D eigenvalue weighted by Crippen LogP contribution is -2.40. The number of nitrogens with zero attached hydrogens (tertiary/aromatic N) is 6. The van der Waals surface area contributed by atoms with Crippen LogP contribution in [0.2, 0.25) is 0 Å². The van der Waals surface area contributed by atoms with Crippen molar-refractivity contribution in [2.24, 2.45) is 0 Å². The minimum atomic E-state index is -0.318. The second-order valence-corrected chi connectivity index (χ2v) is 9.58. The summed E-state index contributed by atoms with van der Waals surface area (Å²) < 4.78 is 20.9. The van der Waals surface area contributed by atoms with Gasteiger partial charge in [0, 0.05) is 31.3 Å². The highest BCUT2D eigenvalue weighted by molar-refractivity contribution is 5.98. The van der Waals surface area contributed by atoms with Gasteiger partial charge in [-0.1, -0.05) is 6.08 Å². The molecule has 0 spiro atoms. The third-order valence-corrected chi connectivity index (χ3v) is 6.48. The predicted molar refractivity (Wildman–Crippen MR) is 144 cm³/mol. The van der Waals surface area contributed by atoms with Gasteiger partial charge >= 0.3 is 0 Å². The Morgan fingerprint density at radius 1 is 1.13 bits per heavy atom. The topological polar surface area (TPSA) is 102 Å². The molecule has 1 aliphatic heterocycles. The summed E-state index contributed by atoms with van der Waals surface area (Å²) in [7, 11) is 3.93. The molecule has 0 unspecified atom stereocenters. The average Bonchev–Trinajstić information content (AvgIpc) is 3.31. The molecule has 0 radical (unpaired) electrons. The fraction of sp³-hybridized carbons (Fsp3) is 0.286. The third-order valence-electron chi connectivity index (χ3n) is 6.48. The first-order valence-corrected chi connectivity index (χ1v) is 12.5. The quantitative estimate of drug-likeness (QED) is 0.366. The number of fused-ring (bicyclic) bond motifs is 1. The number of likely N-dealkylation sites (tertiary alicyclic amines) is 1. The number of amides is 1. The molecule has 1 fully saturated rings. The Morgan fingerprint density at radius 3 is 2.55 bits per heavy atom. The minimum absolute atomic E-state index is 0.000817. The highest BCUT2D eigenvalue weighted by Gasteiger charge is 2.28. The summed E-state index contributed by atoms with van der Waals surface area (Å²) in [5.41, 5.74) is 8.44. The first kappa shape index (κ1) is 25.3. The summed E-state index contributed by atoms with van der Waals surface area (Å²) >= 11 is 0. The summed E-state index contributed by atoms with van der Waals surface area (Å²) in [6.07, 6.45) is 6.70. The second-order valence-electron chi connectivity index (χ2n) is 9.58. The number of aromatic nitrogens is 4. The van der Waals surface area contributed by atoms with E-state index >= 15 is 0 Å². The normalized spacial score (nSPS) is 16.0. The van der Waals surface area contributed by atoms with Crippen molar-refractivity contribution in [1.82, 2.24) is 29.5 Å². The number of piperidine rings is 1. The molecule has 1 aliphatic rings. The van der Waals surface area contributed by atoms with Gasteiger partial charge in [-0.3, -0.25) is 4.79 Å². The van der Waals surface area contributed by atoms with E-state index in [4.69, 9.17) is 15.6 Å². The van der Waals surface area contributed by atoms with E-state index in [9.17, 15) is 9.18 Å². The van der Waals surface area contributed by atoms with E-state index in [2.05, 4.69) is 9.97 Å². The highest BCUT2D eigenvalue weighted by Crippen LogP contribution is 2.35. The zero-order valence-corrected chi connectivity index (χ0v) is 21.4. The number of benzene rings is 2. The van der Waals surface area contributed by atoms with Crippen LogP contribution < -0.4 is 10.5 Å². The number of anilines is 1. The van der Waals surface area contributed by atoms with Gasteiger partial charge in [0.1, 0.15) is 35.2 Å². The van der Waals surface area contributed by atoms with E-state index in [-0.39, 0.29) is 17.8 Å².